The van der Waals surface area contributed by atoms with Gasteiger partial charge in [-0.2, -0.15) is 0 Å². The molecule has 0 spiro atoms. The first-order valence-corrected chi connectivity index (χ1v) is 8.35. The maximum absolute atomic E-state index is 5.80. The molecule has 1 aromatic carbocycles. The number of ether oxygens (including phenoxy) is 1. The Hall–Kier alpha value is -1.39. The highest BCUT2D eigenvalue weighted by molar-refractivity contribution is 7.11. The predicted molar refractivity (Wildman–Crippen MR) is 89.2 cm³/mol. The monoisotopic (exact) mass is 304 g/mol. The number of nitrogens with one attached hydrogen (secondary N) is 1. The first-order valence-electron chi connectivity index (χ1n) is 7.53. The zero-order chi connectivity index (χ0) is 15.1. The van der Waals surface area contributed by atoms with Crippen LogP contribution in [0.3, 0.4) is 0 Å². The van der Waals surface area contributed by atoms with Crippen LogP contribution in [-0.4, -0.2) is 18.1 Å². The van der Waals surface area contributed by atoms with Crippen LogP contribution >= 0.6 is 11.3 Å². The summed E-state index contributed by atoms with van der Waals surface area (Å²) in [5.74, 6) is 0.944. The van der Waals surface area contributed by atoms with Gasteiger partial charge >= 0.3 is 0 Å². The van der Waals surface area contributed by atoms with E-state index in [9.17, 15) is 0 Å². The number of rotatable bonds is 8. The maximum atomic E-state index is 5.80. The largest absolute Gasteiger partial charge is 0.493 e. The normalized spacial score (nSPS) is 10.8. The average molecular weight is 304 g/mol. The Morgan fingerprint density at radius 3 is 2.86 bits per heavy atom. The molecule has 0 aliphatic heterocycles. The van der Waals surface area contributed by atoms with Gasteiger partial charge in [0.15, 0.2) is 0 Å². The van der Waals surface area contributed by atoms with E-state index in [-0.39, 0.29) is 0 Å². The minimum atomic E-state index is 0.678. The van der Waals surface area contributed by atoms with E-state index in [1.165, 1.54) is 16.0 Å². The first-order chi connectivity index (χ1) is 10.2. The Morgan fingerprint density at radius 2 is 2.10 bits per heavy atom. The second-order valence-electron chi connectivity index (χ2n) is 5.24. The van der Waals surface area contributed by atoms with Crippen molar-refractivity contribution in [3.63, 3.8) is 0 Å². The van der Waals surface area contributed by atoms with Gasteiger partial charge in [-0.3, -0.25) is 0 Å². The number of benzene rings is 1. The Balaban J connectivity index is 1.76. The second kappa shape index (κ2) is 8.15. The summed E-state index contributed by atoms with van der Waals surface area (Å²) in [6.45, 7) is 9.06. The molecule has 1 N–H and O–H groups in total. The lowest BCUT2D eigenvalue weighted by Crippen LogP contribution is -2.12. The van der Waals surface area contributed by atoms with Gasteiger partial charge in [0.05, 0.1) is 11.6 Å². The zero-order valence-corrected chi connectivity index (χ0v) is 13.9. The van der Waals surface area contributed by atoms with Crippen molar-refractivity contribution in [2.75, 3.05) is 13.2 Å². The molecule has 114 valence electrons. The molecule has 0 radical (unpaired) electrons. The fraction of sp³-hybridized carbons (Fsp3) is 0.471. The van der Waals surface area contributed by atoms with Crippen LogP contribution in [0, 0.1) is 13.8 Å². The molecule has 1 aromatic heterocycles. The molecular formula is C17H24N2OS. The van der Waals surface area contributed by atoms with Gasteiger partial charge in [-0.1, -0.05) is 13.0 Å². The minimum Gasteiger partial charge on any atom is -0.493 e. The summed E-state index contributed by atoms with van der Waals surface area (Å²) in [5.41, 5.74) is 2.57. The highest BCUT2D eigenvalue weighted by Crippen LogP contribution is 2.18. The lowest BCUT2D eigenvalue weighted by molar-refractivity contribution is 0.321. The van der Waals surface area contributed by atoms with E-state index in [2.05, 4.69) is 43.2 Å². The van der Waals surface area contributed by atoms with Crippen molar-refractivity contribution in [2.45, 2.75) is 40.2 Å². The molecule has 21 heavy (non-hydrogen) atoms. The Labute approximate surface area is 131 Å². The average Bonchev–Trinajstić information content (AvgIpc) is 2.91. The lowest BCUT2D eigenvalue weighted by atomic mass is 10.1. The molecule has 2 rings (SSSR count). The third kappa shape index (κ3) is 5.14. The fourth-order valence-corrected chi connectivity index (χ4v) is 2.87. The van der Waals surface area contributed by atoms with Crippen molar-refractivity contribution < 1.29 is 4.74 Å². The fourth-order valence-electron chi connectivity index (χ4n) is 1.99. The summed E-state index contributed by atoms with van der Waals surface area (Å²) in [4.78, 5) is 5.75. The Kier molecular flexibility index (Phi) is 6.21. The highest BCUT2D eigenvalue weighted by Gasteiger charge is 2.03. The van der Waals surface area contributed by atoms with E-state index >= 15 is 0 Å². The van der Waals surface area contributed by atoms with Crippen molar-refractivity contribution in [1.82, 2.24) is 10.3 Å². The van der Waals surface area contributed by atoms with Gasteiger partial charge < -0.3 is 10.1 Å². The van der Waals surface area contributed by atoms with Crippen LogP contribution in [-0.2, 0) is 13.0 Å². The molecular weight excluding hydrogens is 280 g/mol. The molecule has 0 saturated carbocycles. The van der Waals surface area contributed by atoms with E-state index in [4.69, 9.17) is 4.74 Å². The SMILES string of the molecule is CCCNCc1cnc(CCOc2ccc(C)c(C)c2)s1. The van der Waals surface area contributed by atoms with Gasteiger partial charge in [-0.15, -0.1) is 11.3 Å². The van der Waals surface area contributed by atoms with Crippen molar-refractivity contribution in [3.8, 4) is 5.75 Å². The molecule has 4 heteroatoms. The molecule has 0 unspecified atom stereocenters. The van der Waals surface area contributed by atoms with Crippen LogP contribution in [0.5, 0.6) is 5.75 Å². The Bertz CT molecular complexity index is 566. The molecule has 0 saturated heterocycles. The summed E-state index contributed by atoms with van der Waals surface area (Å²) in [5, 5.41) is 4.54. The van der Waals surface area contributed by atoms with Gasteiger partial charge in [0.2, 0.25) is 0 Å². The van der Waals surface area contributed by atoms with E-state index in [1.807, 2.05) is 12.3 Å². The third-order valence-corrected chi connectivity index (χ3v) is 4.45. The standard InChI is InChI=1S/C17H24N2OS/c1-4-8-18-11-16-12-19-17(21-16)7-9-20-15-6-5-13(2)14(3)10-15/h5-6,10,12,18H,4,7-9,11H2,1-3H3. The predicted octanol–water partition coefficient (Wildman–Crippen LogP) is 3.88. The number of thiazole rings is 1. The summed E-state index contributed by atoms with van der Waals surface area (Å²) in [6.07, 6.45) is 4.00. The van der Waals surface area contributed by atoms with Gasteiger partial charge in [-0.25, -0.2) is 4.98 Å². The van der Waals surface area contributed by atoms with E-state index in [0.717, 1.165) is 36.7 Å². The quantitative estimate of drug-likeness (QED) is 0.752. The van der Waals surface area contributed by atoms with Crippen molar-refractivity contribution >= 4 is 11.3 Å². The van der Waals surface area contributed by atoms with Gasteiger partial charge in [-0.05, 0) is 50.1 Å². The van der Waals surface area contributed by atoms with E-state index < -0.39 is 0 Å². The summed E-state index contributed by atoms with van der Waals surface area (Å²) in [7, 11) is 0. The molecule has 3 nitrogen and oxygen atoms in total. The topological polar surface area (TPSA) is 34.2 Å². The molecule has 0 aliphatic rings. The zero-order valence-electron chi connectivity index (χ0n) is 13.1. The maximum Gasteiger partial charge on any atom is 0.119 e. The summed E-state index contributed by atoms with van der Waals surface area (Å²) in [6, 6.07) is 6.23. The smallest absolute Gasteiger partial charge is 0.119 e. The van der Waals surface area contributed by atoms with Crippen LogP contribution in [0.1, 0.15) is 34.4 Å². The Morgan fingerprint density at radius 1 is 1.24 bits per heavy atom. The van der Waals surface area contributed by atoms with E-state index in [0.29, 0.717) is 6.61 Å². The number of nitrogens with zero attached hydrogens (tertiary/aromatic N) is 1. The van der Waals surface area contributed by atoms with Crippen molar-refractivity contribution in [2.24, 2.45) is 0 Å². The number of hydrogen-bond donors (Lipinski definition) is 1. The first kappa shape index (κ1) is 16.0. The third-order valence-electron chi connectivity index (χ3n) is 3.39. The van der Waals surface area contributed by atoms with E-state index in [1.54, 1.807) is 11.3 Å². The van der Waals surface area contributed by atoms with Gasteiger partial charge in [0.1, 0.15) is 5.75 Å². The number of hydrogen-bond acceptors (Lipinski definition) is 4. The molecule has 1 heterocycles. The van der Waals surface area contributed by atoms with Crippen LogP contribution in [0.2, 0.25) is 0 Å². The second-order valence-corrected chi connectivity index (χ2v) is 6.44. The van der Waals surface area contributed by atoms with Crippen LogP contribution < -0.4 is 10.1 Å². The van der Waals surface area contributed by atoms with Crippen molar-refractivity contribution in [3.05, 3.63) is 45.4 Å². The molecule has 0 fully saturated rings. The van der Waals surface area contributed by atoms with Crippen LogP contribution in [0.25, 0.3) is 0 Å². The summed E-state index contributed by atoms with van der Waals surface area (Å²) >= 11 is 1.77. The molecule has 0 aliphatic carbocycles. The molecule has 0 bridgehead atoms. The molecule has 0 amide bonds. The van der Waals surface area contributed by atoms with Gasteiger partial charge in [0, 0.05) is 24.0 Å². The molecule has 2 aromatic rings. The lowest BCUT2D eigenvalue weighted by Gasteiger charge is -2.07. The number of aromatic nitrogens is 1. The minimum absolute atomic E-state index is 0.678. The number of aryl methyl sites for hydroxylation is 2. The van der Waals surface area contributed by atoms with Crippen LogP contribution in [0.15, 0.2) is 24.4 Å². The van der Waals surface area contributed by atoms with Crippen molar-refractivity contribution in [1.29, 1.82) is 0 Å². The van der Waals surface area contributed by atoms with Gasteiger partial charge in [0.25, 0.3) is 0 Å². The summed E-state index contributed by atoms with van der Waals surface area (Å²) < 4.78 is 5.80. The molecule has 0 atom stereocenters. The highest BCUT2D eigenvalue weighted by atomic mass is 32.1. The van der Waals surface area contributed by atoms with Crippen LogP contribution in [0.4, 0.5) is 0 Å².